The lowest BCUT2D eigenvalue weighted by Crippen LogP contribution is -2.38. The van der Waals surface area contributed by atoms with Crippen LogP contribution in [-0.2, 0) is 0 Å². The van der Waals surface area contributed by atoms with Crippen molar-refractivity contribution in [3.63, 3.8) is 0 Å². The maximum absolute atomic E-state index is 6.10. The first-order valence-corrected chi connectivity index (χ1v) is 6.82. The van der Waals surface area contributed by atoms with Gasteiger partial charge in [0, 0.05) is 22.5 Å². The molecule has 96 valence electrons. The zero-order valence-corrected chi connectivity index (χ0v) is 13.2. The Morgan fingerprint density at radius 3 is 2.35 bits per heavy atom. The van der Waals surface area contributed by atoms with Crippen molar-refractivity contribution in [2.24, 2.45) is 11.1 Å². The van der Waals surface area contributed by atoms with Gasteiger partial charge in [-0.25, -0.2) is 0 Å². The van der Waals surface area contributed by atoms with Gasteiger partial charge in [-0.1, -0.05) is 44.0 Å². The molecule has 1 atom stereocenters. The highest BCUT2D eigenvalue weighted by Gasteiger charge is 2.26. The maximum atomic E-state index is 6.10. The maximum Gasteiger partial charge on any atom is 0.139 e. The monoisotopic (exact) mass is 339 g/mol. The van der Waals surface area contributed by atoms with Gasteiger partial charge in [0.15, 0.2) is 0 Å². The lowest BCUT2D eigenvalue weighted by atomic mass is 9.89. The number of nitrogens with two attached hydrogens (primary N) is 1. The minimum atomic E-state index is -0.114. The van der Waals surface area contributed by atoms with Gasteiger partial charge < -0.3 is 10.5 Å². The molecular formula is C12H16BrCl2NO. The molecule has 0 aliphatic rings. The molecule has 0 aliphatic heterocycles. The number of hydrogen-bond acceptors (Lipinski definition) is 2. The molecule has 0 amide bonds. The van der Waals surface area contributed by atoms with Gasteiger partial charge in [-0.05, 0) is 22.0 Å². The summed E-state index contributed by atoms with van der Waals surface area (Å²) in [5, 5.41) is 1.08. The third-order valence-electron chi connectivity index (χ3n) is 2.42. The van der Waals surface area contributed by atoms with E-state index in [1.54, 1.807) is 12.1 Å². The summed E-state index contributed by atoms with van der Waals surface area (Å²) in [6.45, 7) is 6.63. The van der Waals surface area contributed by atoms with E-state index in [9.17, 15) is 0 Å². The molecule has 0 fully saturated rings. The van der Waals surface area contributed by atoms with Crippen LogP contribution in [0.25, 0.3) is 0 Å². The summed E-state index contributed by atoms with van der Waals surface area (Å²) in [7, 11) is 0. The van der Waals surface area contributed by atoms with Gasteiger partial charge >= 0.3 is 0 Å². The van der Waals surface area contributed by atoms with Gasteiger partial charge in [0.05, 0.1) is 10.0 Å². The van der Waals surface area contributed by atoms with Crippen LogP contribution in [0.4, 0.5) is 0 Å². The molecule has 0 saturated carbocycles. The summed E-state index contributed by atoms with van der Waals surface area (Å²) in [6.07, 6.45) is -0.114. The van der Waals surface area contributed by atoms with E-state index in [4.69, 9.17) is 33.7 Å². The Balaban J connectivity index is 2.98. The lowest BCUT2D eigenvalue weighted by Gasteiger charge is -2.30. The van der Waals surface area contributed by atoms with Crippen molar-refractivity contribution >= 4 is 39.1 Å². The zero-order chi connectivity index (χ0) is 13.2. The summed E-state index contributed by atoms with van der Waals surface area (Å²) in [4.78, 5) is 0. The number of hydrogen-bond donors (Lipinski definition) is 1. The van der Waals surface area contributed by atoms with Gasteiger partial charge in [-0.3, -0.25) is 0 Å². The van der Waals surface area contributed by atoms with Crippen molar-refractivity contribution in [1.29, 1.82) is 0 Å². The van der Waals surface area contributed by atoms with E-state index in [0.717, 1.165) is 4.47 Å². The van der Waals surface area contributed by atoms with Crippen LogP contribution >= 0.6 is 39.1 Å². The predicted octanol–water partition coefficient (Wildman–Crippen LogP) is 4.51. The molecule has 2 nitrogen and oxygen atoms in total. The summed E-state index contributed by atoms with van der Waals surface area (Å²) in [6, 6.07) is 3.41. The molecule has 0 aromatic heterocycles. The fourth-order valence-corrected chi connectivity index (χ4v) is 2.16. The van der Waals surface area contributed by atoms with E-state index in [0.29, 0.717) is 22.3 Å². The van der Waals surface area contributed by atoms with Crippen LogP contribution in [0.1, 0.15) is 20.8 Å². The fraction of sp³-hybridized carbons (Fsp3) is 0.500. The van der Waals surface area contributed by atoms with Crippen LogP contribution in [0.3, 0.4) is 0 Å². The molecule has 5 heteroatoms. The third-order valence-corrected chi connectivity index (χ3v) is 3.92. The smallest absolute Gasteiger partial charge is 0.139 e. The molecule has 1 aromatic carbocycles. The van der Waals surface area contributed by atoms with Crippen molar-refractivity contribution in [2.45, 2.75) is 26.9 Å². The summed E-state index contributed by atoms with van der Waals surface area (Å²) < 4.78 is 6.58. The largest absolute Gasteiger partial charge is 0.487 e. The second-order valence-electron chi connectivity index (χ2n) is 4.90. The molecule has 1 unspecified atom stereocenters. The summed E-state index contributed by atoms with van der Waals surface area (Å²) in [5.74, 6) is 0.560. The van der Waals surface area contributed by atoms with Crippen LogP contribution in [0.15, 0.2) is 16.6 Å². The molecular weight excluding hydrogens is 325 g/mol. The average Bonchev–Trinajstić information content (AvgIpc) is 2.19. The van der Waals surface area contributed by atoms with Crippen molar-refractivity contribution in [3.8, 4) is 5.75 Å². The van der Waals surface area contributed by atoms with Gasteiger partial charge in [-0.15, -0.1) is 0 Å². The molecule has 0 radical (unpaired) electrons. The lowest BCUT2D eigenvalue weighted by molar-refractivity contribution is 0.0943. The molecule has 1 rings (SSSR count). The number of rotatable bonds is 3. The SMILES string of the molecule is CC(C)(C)C(CN)Oc1cc(Cl)c(Br)cc1Cl. The van der Waals surface area contributed by atoms with Gasteiger partial charge in [0.25, 0.3) is 0 Å². The Bertz CT molecular complexity index is 404. The zero-order valence-electron chi connectivity index (χ0n) is 10.1. The van der Waals surface area contributed by atoms with Crippen molar-refractivity contribution in [1.82, 2.24) is 0 Å². The first-order chi connectivity index (χ1) is 7.75. The summed E-state index contributed by atoms with van der Waals surface area (Å²) in [5.41, 5.74) is 5.66. The van der Waals surface area contributed by atoms with Crippen LogP contribution in [0.5, 0.6) is 5.75 Å². The molecule has 1 aromatic rings. The molecule has 2 N–H and O–H groups in total. The van der Waals surface area contributed by atoms with Crippen LogP contribution in [-0.4, -0.2) is 12.6 Å². The number of benzene rings is 1. The van der Waals surface area contributed by atoms with Crippen LogP contribution in [0.2, 0.25) is 10.0 Å². The number of ether oxygens (including phenoxy) is 1. The van der Waals surface area contributed by atoms with Gasteiger partial charge in [0.1, 0.15) is 11.9 Å². The van der Waals surface area contributed by atoms with Crippen LogP contribution < -0.4 is 10.5 Å². The van der Waals surface area contributed by atoms with E-state index in [2.05, 4.69) is 36.7 Å². The second kappa shape index (κ2) is 5.79. The van der Waals surface area contributed by atoms with Gasteiger partial charge in [0.2, 0.25) is 0 Å². The van der Waals surface area contributed by atoms with E-state index < -0.39 is 0 Å². The standard InChI is InChI=1S/C12H16BrCl2NO/c1-12(2,3)11(6-16)17-10-5-8(14)7(13)4-9(10)15/h4-5,11H,6,16H2,1-3H3. The summed E-state index contributed by atoms with van der Waals surface area (Å²) >= 11 is 15.4. The average molecular weight is 341 g/mol. The highest BCUT2D eigenvalue weighted by Crippen LogP contribution is 2.36. The third kappa shape index (κ3) is 4.02. The normalized spacial score (nSPS) is 13.6. The van der Waals surface area contributed by atoms with E-state index in [1.165, 1.54) is 0 Å². The quantitative estimate of drug-likeness (QED) is 0.821. The van der Waals surface area contributed by atoms with Crippen molar-refractivity contribution < 1.29 is 4.74 Å². The first kappa shape index (κ1) is 15.1. The molecule has 0 heterocycles. The molecule has 0 bridgehead atoms. The van der Waals surface area contributed by atoms with Crippen molar-refractivity contribution in [3.05, 3.63) is 26.7 Å². The highest BCUT2D eigenvalue weighted by atomic mass is 79.9. The van der Waals surface area contributed by atoms with Crippen LogP contribution in [0, 0.1) is 5.41 Å². The van der Waals surface area contributed by atoms with E-state index >= 15 is 0 Å². The topological polar surface area (TPSA) is 35.2 Å². The van der Waals surface area contributed by atoms with E-state index in [-0.39, 0.29) is 11.5 Å². The predicted molar refractivity (Wildman–Crippen MR) is 77.1 cm³/mol. The first-order valence-electron chi connectivity index (χ1n) is 5.27. The minimum Gasteiger partial charge on any atom is -0.487 e. The second-order valence-corrected chi connectivity index (χ2v) is 6.57. The Morgan fingerprint density at radius 1 is 1.29 bits per heavy atom. The Kier molecular flexibility index (Phi) is 5.14. The molecule has 0 saturated heterocycles. The number of halogens is 3. The molecule has 0 aliphatic carbocycles. The highest BCUT2D eigenvalue weighted by molar-refractivity contribution is 9.10. The minimum absolute atomic E-state index is 0.0579. The fourth-order valence-electron chi connectivity index (χ4n) is 1.33. The van der Waals surface area contributed by atoms with Gasteiger partial charge in [-0.2, -0.15) is 0 Å². The van der Waals surface area contributed by atoms with E-state index in [1.807, 2.05) is 0 Å². The molecule has 17 heavy (non-hydrogen) atoms. The Labute approximate surface area is 121 Å². The Hall–Kier alpha value is 0.0400. The molecule has 0 spiro atoms. The van der Waals surface area contributed by atoms with Crippen molar-refractivity contribution in [2.75, 3.05) is 6.54 Å². The Morgan fingerprint density at radius 2 is 1.88 bits per heavy atom.